The molecule has 1 aliphatic heterocycles. The number of amides is 1. The van der Waals surface area contributed by atoms with Crippen molar-refractivity contribution in [3.05, 3.63) is 41.6 Å². The number of ether oxygens (including phenoxy) is 1. The third kappa shape index (κ3) is 4.43. The first-order valence-electron chi connectivity index (χ1n) is 9.25. The zero-order valence-electron chi connectivity index (χ0n) is 15.9. The number of benzene rings is 1. The molecule has 0 spiro atoms. The Bertz CT molecular complexity index is 739. The van der Waals surface area contributed by atoms with Gasteiger partial charge in [-0.15, -0.1) is 0 Å². The fourth-order valence-electron chi connectivity index (χ4n) is 3.65. The van der Waals surface area contributed by atoms with E-state index in [0.29, 0.717) is 6.54 Å². The largest absolute Gasteiger partial charge is 0.497 e. The van der Waals surface area contributed by atoms with E-state index in [0.717, 1.165) is 36.6 Å². The van der Waals surface area contributed by atoms with Crippen LogP contribution in [-0.2, 0) is 11.8 Å². The molecule has 3 rings (SSSR count). The van der Waals surface area contributed by atoms with Crippen molar-refractivity contribution >= 4 is 11.7 Å². The van der Waals surface area contributed by atoms with E-state index in [1.165, 1.54) is 18.4 Å². The van der Waals surface area contributed by atoms with Gasteiger partial charge in [0.2, 0.25) is 5.91 Å². The van der Waals surface area contributed by atoms with Gasteiger partial charge >= 0.3 is 0 Å². The summed E-state index contributed by atoms with van der Waals surface area (Å²) in [6.07, 6.45) is 4.61. The van der Waals surface area contributed by atoms with Crippen molar-refractivity contribution in [3.63, 3.8) is 0 Å². The summed E-state index contributed by atoms with van der Waals surface area (Å²) in [5.41, 5.74) is 2.14. The first-order valence-corrected chi connectivity index (χ1v) is 9.25. The molecule has 140 valence electrons. The van der Waals surface area contributed by atoms with Crippen LogP contribution in [0.2, 0.25) is 0 Å². The minimum atomic E-state index is 0.00779. The van der Waals surface area contributed by atoms with Gasteiger partial charge in [0.15, 0.2) is 0 Å². The molecule has 1 fully saturated rings. The molecule has 1 atom stereocenters. The van der Waals surface area contributed by atoms with E-state index in [-0.39, 0.29) is 11.9 Å². The van der Waals surface area contributed by atoms with Crippen molar-refractivity contribution in [1.29, 1.82) is 0 Å². The zero-order valence-corrected chi connectivity index (χ0v) is 15.9. The fraction of sp³-hybridized carbons (Fsp3) is 0.500. The van der Waals surface area contributed by atoms with Crippen LogP contribution in [0.3, 0.4) is 0 Å². The quantitative estimate of drug-likeness (QED) is 0.893. The van der Waals surface area contributed by atoms with Gasteiger partial charge in [0.05, 0.1) is 19.3 Å². The number of carbonyl (C=O) groups is 1. The Morgan fingerprint density at radius 2 is 2.04 bits per heavy atom. The maximum atomic E-state index is 12.6. The van der Waals surface area contributed by atoms with Gasteiger partial charge in [0.25, 0.3) is 0 Å². The molecule has 1 N–H and O–H groups in total. The van der Waals surface area contributed by atoms with Gasteiger partial charge in [-0.05, 0) is 44.0 Å². The van der Waals surface area contributed by atoms with Gasteiger partial charge in [0, 0.05) is 19.2 Å². The molecule has 1 saturated heterocycles. The average molecular weight is 356 g/mol. The van der Waals surface area contributed by atoms with Crippen LogP contribution >= 0.6 is 0 Å². The van der Waals surface area contributed by atoms with Crippen molar-refractivity contribution in [2.75, 3.05) is 25.5 Å². The highest BCUT2D eigenvalue weighted by Gasteiger charge is 2.24. The number of nitrogens with one attached hydrogen (secondary N) is 1. The Morgan fingerprint density at radius 1 is 1.27 bits per heavy atom. The Kier molecular flexibility index (Phi) is 5.93. The Hall–Kier alpha value is -2.34. The van der Waals surface area contributed by atoms with E-state index in [1.54, 1.807) is 11.8 Å². The number of hydrogen-bond donors (Lipinski definition) is 1. The van der Waals surface area contributed by atoms with Crippen molar-refractivity contribution in [2.45, 2.75) is 38.6 Å². The minimum absolute atomic E-state index is 0.00779. The number of nitrogens with zero attached hydrogens (tertiary/aromatic N) is 3. The number of methoxy groups -OCH3 is 1. The van der Waals surface area contributed by atoms with Crippen LogP contribution in [0, 0.1) is 6.92 Å². The second kappa shape index (κ2) is 8.36. The summed E-state index contributed by atoms with van der Waals surface area (Å²) in [6, 6.07) is 10.4. The summed E-state index contributed by atoms with van der Waals surface area (Å²) >= 11 is 0. The minimum Gasteiger partial charge on any atom is -0.497 e. The lowest BCUT2D eigenvalue weighted by atomic mass is 10.0. The van der Waals surface area contributed by atoms with Crippen molar-refractivity contribution in [1.82, 2.24) is 14.7 Å². The molecule has 1 aliphatic rings. The first kappa shape index (κ1) is 18.5. The van der Waals surface area contributed by atoms with E-state index in [4.69, 9.17) is 4.74 Å². The number of anilines is 1. The molecule has 1 aromatic heterocycles. The molecule has 6 heteroatoms. The molecule has 2 heterocycles. The lowest BCUT2D eigenvalue weighted by molar-refractivity contribution is -0.117. The number of aromatic nitrogens is 2. The van der Waals surface area contributed by atoms with Gasteiger partial charge in [0.1, 0.15) is 11.6 Å². The molecule has 6 nitrogen and oxygen atoms in total. The Labute approximate surface area is 155 Å². The van der Waals surface area contributed by atoms with E-state index in [1.807, 2.05) is 32.2 Å². The molecular weight excluding hydrogens is 328 g/mol. The van der Waals surface area contributed by atoms with E-state index in [9.17, 15) is 4.79 Å². The normalized spacial score (nSPS) is 18.3. The smallest absolute Gasteiger partial charge is 0.239 e. The van der Waals surface area contributed by atoms with Gasteiger partial charge in [-0.25, -0.2) is 0 Å². The second-order valence-electron chi connectivity index (χ2n) is 6.95. The number of aryl methyl sites for hydroxylation is 2. The number of carbonyl (C=O) groups excluding carboxylic acids is 1. The highest BCUT2D eigenvalue weighted by Crippen LogP contribution is 2.31. The molecular formula is C20H28N4O2. The Balaban J connectivity index is 1.71. The van der Waals surface area contributed by atoms with Crippen LogP contribution in [-0.4, -0.2) is 40.8 Å². The Morgan fingerprint density at radius 3 is 2.69 bits per heavy atom. The van der Waals surface area contributed by atoms with Gasteiger partial charge in [-0.3, -0.25) is 14.4 Å². The van der Waals surface area contributed by atoms with E-state index >= 15 is 0 Å². The molecule has 0 radical (unpaired) electrons. The number of rotatable bonds is 5. The van der Waals surface area contributed by atoms with Gasteiger partial charge < -0.3 is 10.1 Å². The summed E-state index contributed by atoms with van der Waals surface area (Å²) < 4.78 is 6.97. The molecule has 0 bridgehead atoms. The molecule has 1 unspecified atom stereocenters. The van der Waals surface area contributed by atoms with Crippen LogP contribution in [0.15, 0.2) is 30.3 Å². The molecule has 0 saturated carbocycles. The zero-order chi connectivity index (χ0) is 18.5. The fourth-order valence-corrected chi connectivity index (χ4v) is 3.65. The number of hydrogen-bond acceptors (Lipinski definition) is 4. The lowest BCUT2D eigenvalue weighted by Gasteiger charge is -2.29. The summed E-state index contributed by atoms with van der Waals surface area (Å²) in [5, 5.41) is 7.27. The molecule has 2 aromatic rings. The van der Waals surface area contributed by atoms with Crippen molar-refractivity contribution in [3.8, 4) is 5.75 Å². The molecule has 1 amide bonds. The second-order valence-corrected chi connectivity index (χ2v) is 6.95. The lowest BCUT2D eigenvalue weighted by Crippen LogP contribution is -2.36. The molecule has 0 aliphatic carbocycles. The maximum Gasteiger partial charge on any atom is 0.239 e. The monoisotopic (exact) mass is 356 g/mol. The summed E-state index contributed by atoms with van der Waals surface area (Å²) in [5.74, 6) is 1.61. The van der Waals surface area contributed by atoms with Crippen molar-refractivity contribution in [2.24, 2.45) is 7.05 Å². The highest BCUT2D eigenvalue weighted by atomic mass is 16.5. The van der Waals surface area contributed by atoms with Crippen LogP contribution < -0.4 is 10.1 Å². The van der Waals surface area contributed by atoms with E-state index in [2.05, 4.69) is 27.4 Å². The van der Waals surface area contributed by atoms with Crippen LogP contribution in [0.1, 0.15) is 43.0 Å². The highest BCUT2D eigenvalue weighted by molar-refractivity contribution is 5.91. The van der Waals surface area contributed by atoms with Gasteiger partial charge in [-0.2, -0.15) is 5.10 Å². The summed E-state index contributed by atoms with van der Waals surface area (Å²) in [6.45, 7) is 3.25. The van der Waals surface area contributed by atoms with Gasteiger partial charge in [-0.1, -0.05) is 25.0 Å². The number of likely N-dealkylation sites (tertiary alicyclic amines) is 1. The topological polar surface area (TPSA) is 59.4 Å². The predicted molar refractivity (Wildman–Crippen MR) is 102 cm³/mol. The predicted octanol–water partition coefficient (Wildman–Crippen LogP) is 3.29. The standard InChI is InChI=1S/C20H28N4O2/c1-15-13-19(23(2)22-15)21-20(25)14-24-12-6-4-5-7-18(24)16-8-10-17(26-3)11-9-16/h8-11,13,18H,4-7,12,14H2,1-3H3,(H,21,25). The summed E-state index contributed by atoms with van der Waals surface area (Å²) in [7, 11) is 3.52. The summed E-state index contributed by atoms with van der Waals surface area (Å²) in [4.78, 5) is 14.9. The third-order valence-corrected chi connectivity index (χ3v) is 4.98. The van der Waals surface area contributed by atoms with Crippen LogP contribution in [0.4, 0.5) is 5.82 Å². The third-order valence-electron chi connectivity index (χ3n) is 4.98. The van der Waals surface area contributed by atoms with Crippen molar-refractivity contribution < 1.29 is 9.53 Å². The maximum absolute atomic E-state index is 12.6. The molecule has 26 heavy (non-hydrogen) atoms. The average Bonchev–Trinajstić information content (AvgIpc) is 2.82. The van der Waals surface area contributed by atoms with E-state index < -0.39 is 0 Å². The first-order chi connectivity index (χ1) is 12.6. The SMILES string of the molecule is COc1ccc(C2CCCCCN2CC(=O)Nc2cc(C)nn2C)cc1. The van der Waals surface area contributed by atoms with Crippen LogP contribution in [0.5, 0.6) is 5.75 Å². The molecule has 1 aromatic carbocycles. The van der Waals surface area contributed by atoms with Crippen LogP contribution in [0.25, 0.3) is 0 Å².